The van der Waals surface area contributed by atoms with Crippen LogP contribution < -0.4 is 20.6 Å². The molecular formula is C23H19ClIN5O3S. The monoisotopic (exact) mass is 607 g/mol. The summed E-state index contributed by atoms with van der Waals surface area (Å²) in [6.07, 6.45) is 2.92. The maximum absolute atomic E-state index is 12.7. The number of nitrogen functional groups attached to an aromatic ring is 1. The molecule has 1 amide bonds. The highest BCUT2D eigenvalue weighted by atomic mass is 127. The Morgan fingerprint density at radius 3 is 2.85 bits per heavy atom. The first-order valence-electron chi connectivity index (χ1n) is 9.95. The van der Waals surface area contributed by atoms with Crippen LogP contribution in [0.5, 0.6) is 11.5 Å². The van der Waals surface area contributed by atoms with Crippen molar-refractivity contribution in [2.45, 2.75) is 13.5 Å². The Bertz CT molecular complexity index is 1410. The van der Waals surface area contributed by atoms with Crippen LogP contribution in [-0.4, -0.2) is 29.2 Å². The fourth-order valence-electron chi connectivity index (χ4n) is 3.25. The number of aromatic nitrogens is 2. The summed E-state index contributed by atoms with van der Waals surface area (Å²) in [5, 5.41) is 5.43. The number of carbonyl (C=O) groups is 1. The van der Waals surface area contributed by atoms with Crippen molar-refractivity contribution in [2.75, 3.05) is 12.8 Å². The van der Waals surface area contributed by atoms with Gasteiger partial charge in [0.25, 0.3) is 5.91 Å². The molecule has 0 saturated carbocycles. The van der Waals surface area contributed by atoms with E-state index in [1.807, 2.05) is 37.3 Å². The molecule has 0 unspecified atom stereocenters. The number of carbonyl (C=O) groups excluding carboxylic acids is 1. The van der Waals surface area contributed by atoms with Crippen LogP contribution >= 0.6 is 45.5 Å². The van der Waals surface area contributed by atoms with Crippen LogP contribution in [0.4, 0.5) is 5.82 Å². The number of methoxy groups -OCH3 is 1. The molecule has 3 N–H and O–H groups in total. The molecule has 11 heteroatoms. The van der Waals surface area contributed by atoms with Gasteiger partial charge < -0.3 is 15.2 Å². The highest BCUT2D eigenvalue weighted by Crippen LogP contribution is 2.35. The molecule has 0 aliphatic rings. The van der Waals surface area contributed by atoms with E-state index in [4.69, 9.17) is 26.8 Å². The Morgan fingerprint density at radius 2 is 2.12 bits per heavy atom. The number of ether oxygens (including phenoxy) is 2. The van der Waals surface area contributed by atoms with Crippen LogP contribution in [0.2, 0.25) is 5.02 Å². The van der Waals surface area contributed by atoms with Gasteiger partial charge in [-0.25, -0.2) is 15.4 Å². The van der Waals surface area contributed by atoms with Gasteiger partial charge in [-0.1, -0.05) is 29.8 Å². The minimum Gasteiger partial charge on any atom is -0.493 e. The van der Waals surface area contributed by atoms with Crippen LogP contribution in [0.25, 0.3) is 10.2 Å². The van der Waals surface area contributed by atoms with E-state index in [1.54, 1.807) is 13.2 Å². The summed E-state index contributed by atoms with van der Waals surface area (Å²) in [4.78, 5) is 22.0. The van der Waals surface area contributed by atoms with Crippen molar-refractivity contribution in [3.05, 3.63) is 72.9 Å². The third-order valence-electron chi connectivity index (χ3n) is 4.92. The number of hydrogen-bond donors (Lipinski definition) is 2. The van der Waals surface area contributed by atoms with Crippen LogP contribution in [-0.2, 0) is 6.61 Å². The zero-order valence-corrected chi connectivity index (χ0v) is 21.9. The third-order valence-corrected chi connectivity index (χ3v) is 7.29. The molecule has 0 atom stereocenters. The van der Waals surface area contributed by atoms with Gasteiger partial charge in [-0.2, -0.15) is 5.10 Å². The molecule has 34 heavy (non-hydrogen) atoms. The van der Waals surface area contributed by atoms with E-state index in [9.17, 15) is 4.79 Å². The number of thiophene rings is 1. The number of nitrogens with zero attached hydrogens (tertiary/aromatic N) is 3. The van der Waals surface area contributed by atoms with E-state index in [0.29, 0.717) is 44.0 Å². The Morgan fingerprint density at radius 1 is 1.32 bits per heavy atom. The summed E-state index contributed by atoms with van der Waals surface area (Å²) in [5.41, 5.74) is 10.8. The smallest absolute Gasteiger partial charge is 0.281 e. The van der Waals surface area contributed by atoms with Crippen molar-refractivity contribution in [3.8, 4) is 11.5 Å². The molecule has 0 saturated heterocycles. The summed E-state index contributed by atoms with van der Waals surface area (Å²) < 4.78 is 12.3. The van der Waals surface area contributed by atoms with Crippen molar-refractivity contribution in [1.82, 2.24) is 15.4 Å². The molecule has 4 aromatic rings. The number of fused-ring (bicyclic) bond motifs is 1. The van der Waals surface area contributed by atoms with E-state index < -0.39 is 0 Å². The van der Waals surface area contributed by atoms with Crippen molar-refractivity contribution >= 4 is 73.7 Å². The normalized spacial score (nSPS) is 11.2. The Balaban J connectivity index is 1.48. The van der Waals surface area contributed by atoms with E-state index in [2.05, 4.69) is 43.1 Å². The van der Waals surface area contributed by atoms with Gasteiger partial charge in [-0.15, -0.1) is 11.3 Å². The number of nitrogens with one attached hydrogen (secondary N) is 1. The van der Waals surface area contributed by atoms with Crippen molar-refractivity contribution in [1.29, 1.82) is 0 Å². The maximum atomic E-state index is 12.7. The van der Waals surface area contributed by atoms with Gasteiger partial charge in [0.05, 0.1) is 27.2 Å². The van der Waals surface area contributed by atoms with E-state index in [0.717, 1.165) is 20.3 Å². The fourth-order valence-corrected chi connectivity index (χ4v) is 5.27. The molecule has 4 rings (SSSR count). The average molecular weight is 608 g/mol. The lowest BCUT2D eigenvalue weighted by Crippen LogP contribution is -2.17. The summed E-state index contributed by atoms with van der Waals surface area (Å²) in [7, 11) is 1.56. The van der Waals surface area contributed by atoms with Gasteiger partial charge in [-0.3, -0.25) is 4.79 Å². The summed E-state index contributed by atoms with van der Waals surface area (Å²) >= 11 is 9.63. The standard InChI is InChI=1S/C23H19ClIN5O3S/c1-12-18-21(26)27-11-28-23(18)34-20(12)22(31)30-29-9-13-7-16(25)19(17(8-13)32-2)33-10-14-5-3-4-6-15(14)24/h3-9,11H,10H2,1-2H3,(H,30,31)(H2,26,27,28)/b29-9-. The quantitative estimate of drug-likeness (QED) is 0.170. The predicted molar refractivity (Wildman–Crippen MR) is 143 cm³/mol. The average Bonchev–Trinajstić information content (AvgIpc) is 3.16. The molecule has 0 radical (unpaired) electrons. The first-order chi connectivity index (χ1) is 16.4. The molecule has 2 aromatic carbocycles. The van der Waals surface area contributed by atoms with Gasteiger partial charge in [-0.05, 0) is 58.8 Å². The number of hydrazone groups is 1. The molecule has 2 aromatic heterocycles. The Kier molecular flexibility index (Phi) is 7.49. The van der Waals surface area contributed by atoms with E-state index in [-0.39, 0.29) is 5.91 Å². The first kappa shape index (κ1) is 24.2. The van der Waals surface area contributed by atoms with E-state index >= 15 is 0 Å². The van der Waals surface area contributed by atoms with Crippen molar-refractivity contribution < 1.29 is 14.3 Å². The van der Waals surface area contributed by atoms with Crippen molar-refractivity contribution in [2.24, 2.45) is 5.10 Å². The Hall–Kier alpha value is -2.96. The number of anilines is 1. The largest absolute Gasteiger partial charge is 0.493 e. The topological polar surface area (TPSA) is 112 Å². The second-order valence-electron chi connectivity index (χ2n) is 7.11. The summed E-state index contributed by atoms with van der Waals surface area (Å²) in [6.45, 7) is 2.12. The lowest BCUT2D eigenvalue weighted by atomic mass is 10.2. The van der Waals surface area contributed by atoms with Gasteiger partial charge in [0, 0.05) is 10.6 Å². The lowest BCUT2D eigenvalue weighted by molar-refractivity contribution is 0.0958. The molecule has 8 nitrogen and oxygen atoms in total. The predicted octanol–water partition coefficient (Wildman–Crippen LogP) is 5.19. The molecule has 0 bridgehead atoms. The SMILES string of the molecule is COc1cc(/C=N\NC(=O)c2sc3ncnc(N)c3c2C)cc(I)c1OCc1ccccc1Cl. The molecule has 174 valence electrons. The number of benzene rings is 2. The van der Waals surface area contributed by atoms with Crippen LogP contribution in [0, 0.1) is 10.5 Å². The molecule has 2 heterocycles. The van der Waals surface area contributed by atoms with Gasteiger partial charge in [0.2, 0.25) is 0 Å². The minimum absolute atomic E-state index is 0.305. The zero-order chi connectivity index (χ0) is 24.2. The van der Waals surface area contributed by atoms with Gasteiger partial charge in [0.15, 0.2) is 11.5 Å². The second kappa shape index (κ2) is 10.5. The maximum Gasteiger partial charge on any atom is 0.281 e. The number of nitrogens with two attached hydrogens (primary N) is 1. The van der Waals surface area contributed by atoms with Gasteiger partial charge in [0.1, 0.15) is 23.6 Å². The summed E-state index contributed by atoms with van der Waals surface area (Å²) in [5.74, 6) is 1.14. The molecule has 0 fully saturated rings. The number of aryl methyl sites for hydroxylation is 1. The second-order valence-corrected chi connectivity index (χ2v) is 9.68. The zero-order valence-electron chi connectivity index (χ0n) is 18.1. The number of hydrogen-bond acceptors (Lipinski definition) is 8. The minimum atomic E-state index is -0.350. The number of amides is 1. The molecule has 0 spiro atoms. The van der Waals surface area contributed by atoms with E-state index in [1.165, 1.54) is 23.9 Å². The molecule has 0 aliphatic carbocycles. The third kappa shape index (κ3) is 5.08. The van der Waals surface area contributed by atoms with Crippen molar-refractivity contribution in [3.63, 3.8) is 0 Å². The highest BCUT2D eigenvalue weighted by Gasteiger charge is 2.18. The van der Waals surface area contributed by atoms with Crippen LogP contribution in [0.1, 0.15) is 26.4 Å². The Labute approximate surface area is 218 Å². The highest BCUT2D eigenvalue weighted by molar-refractivity contribution is 14.1. The van der Waals surface area contributed by atoms with Gasteiger partial charge >= 0.3 is 0 Å². The van der Waals surface area contributed by atoms with Crippen LogP contribution in [0.15, 0.2) is 47.8 Å². The van der Waals surface area contributed by atoms with Crippen LogP contribution in [0.3, 0.4) is 0 Å². The molecular weight excluding hydrogens is 589 g/mol. The lowest BCUT2D eigenvalue weighted by Gasteiger charge is -2.14. The molecule has 0 aliphatic heterocycles. The fraction of sp³-hybridized carbons (Fsp3) is 0.130. The number of rotatable bonds is 7. The first-order valence-corrected chi connectivity index (χ1v) is 12.2. The number of halogens is 2. The summed E-state index contributed by atoms with van der Waals surface area (Å²) in [6, 6.07) is 11.2.